The van der Waals surface area contributed by atoms with E-state index in [2.05, 4.69) is 66.2 Å². The van der Waals surface area contributed by atoms with E-state index in [4.69, 9.17) is 0 Å². The number of benzene rings is 1. The van der Waals surface area contributed by atoms with E-state index in [1.165, 1.54) is 30.3 Å². The lowest BCUT2D eigenvalue weighted by atomic mass is 9.87. The molecule has 4 aromatic rings. The Balaban J connectivity index is 0.976. The highest BCUT2D eigenvalue weighted by atomic mass is 32.1. The molecule has 12 heteroatoms. The van der Waals surface area contributed by atoms with Gasteiger partial charge in [0.2, 0.25) is 0 Å². The van der Waals surface area contributed by atoms with Gasteiger partial charge in [-0.15, -0.1) is 11.3 Å². The first-order valence-electron chi connectivity index (χ1n) is 15.9. The Morgan fingerprint density at radius 1 is 1.09 bits per heavy atom. The van der Waals surface area contributed by atoms with E-state index >= 15 is 0 Å². The fourth-order valence-electron chi connectivity index (χ4n) is 7.60. The van der Waals surface area contributed by atoms with Gasteiger partial charge in [0.15, 0.2) is 0 Å². The zero-order valence-corrected chi connectivity index (χ0v) is 26.4. The molecule has 0 bridgehead atoms. The third kappa shape index (κ3) is 6.41. The van der Waals surface area contributed by atoms with Crippen molar-refractivity contribution < 1.29 is 13.2 Å². The fraction of sp³-hybridized carbons (Fsp3) is 0.545. The fourth-order valence-corrected chi connectivity index (χ4v) is 8.63. The molecule has 3 aromatic heterocycles. The van der Waals surface area contributed by atoms with E-state index < -0.39 is 12.6 Å². The van der Waals surface area contributed by atoms with Crippen molar-refractivity contribution >= 4 is 38.3 Å². The van der Waals surface area contributed by atoms with Crippen molar-refractivity contribution in [3.05, 3.63) is 52.3 Å². The molecule has 0 saturated carbocycles. The Labute approximate surface area is 265 Å². The highest BCUT2D eigenvalue weighted by molar-refractivity contribution is 7.18. The topological polar surface area (TPSA) is 85.0 Å². The number of aromatic nitrogens is 3. The Morgan fingerprint density at radius 3 is 2.69 bits per heavy atom. The summed E-state index contributed by atoms with van der Waals surface area (Å²) in [6.07, 6.45) is 0.585. The van der Waals surface area contributed by atoms with Gasteiger partial charge >= 0.3 is 6.18 Å². The van der Waals surface area contributed by atoms with Crippen LogP contribution in [0.3, 0.4) is 0 Å². The number of thiophene rings is 1. The number of aryl methyl sites for hydroxylation is 1. The first kappa shape index (κ1) is 30.4. The van der Waals surface area contributed by atoms with Gasteiger partial charge in [0.05, 0.1) is 11.8 Å². The van der Waals surface area contributed by atoms with E-state index in [9.17, 15) is 18.4 Å². The predicted molar refractivity (Wildman–Crippen MR) is 171 cm³/mol. The molecule has 7 rings (SSSR count). The molecule has 6 heterocycles. The Kier molecular flexibility index (Phi) is 8.23. The van der Waals surface area contributed by atoms with Crippen LogP contribution in [0.2, 0.25) is 0 Å². The van der Waals surface area contributed by atoms with Crippen molar-refractivity contribution in [2.24, 2.45) is 5.41 Å². The van der Waals surface area contributed by atoms with Crippen LogP contribution in [0, 0.1) is 23.7 Å². The van der Waals surface area contributed by atoms with Crippen LogP contribution in [0.4, 0.5) is 19.0 Å². The highest BCUT2D eigenvalue weighted by Gasteiger charge is 2.40. The van der Waals surface area contributed by atoms with E-state index in [-0.39, 0.29) is 10.9 Å². The number of hydrogen-bond donors (Lipinski definition) is 2. The summed E-state index contributed by atoms with van der Waals surface area (Å²) in [5.74, 6) is 0.613. The number of nitrogens with zero attached hydrogens (tertiary/aromatic N) is 6. The molecular weight excluding hydrogens is 597 g/mol. The number of nitrogens with one attached hydrogen (secondary N) is 2. The first-order valence-corrected chi connectivity index (χ1v) is 16.7. The van der Waals surface area contributed by atoms with Gasteiger partial charge in [-0.1, -0.05) is 6.07 Å². The maximum atomic E-state index is 12.9. The van der Waals surface area contributed by atoms with Crippen LogP contribution in [0.25, 0.3) is 21.1 Å². The lowest BCUT2D eigenvalue weighted by Crippen LogP contribution is -2.39. The van der Waals surface area contributed by atoms with Crippen LogP contribution in [0.1, 0.15) is 47.4 Å². The molecule has 3 aliphatic heterocycles. The molecule has 3 saturated heterocycles. The van der Waals surface area contributed by atoms with Gasteiger partial charge in [0.1, 0.15) is 28.7 Å². The largest absolute Gasteiger partial charge is 0.393 e. The summed E-state index contributed by atoms with van der Waals surface area (Å²) in [7, 11) is 0. The van der Waals surface area contributed by atoms with Crippen molar-refractivity contribution in [2.45, 2.75) is 64.3 Å². The van der Waals surface area contributed by atoms with Crippen molar-refractivity contribution in [3.63, 3.8) is 0 Å². The number of fused-ring (bicyclic) bond motifs is 2. The van der Waals surface area contributed by atoms with Gasteiger partial charge in [0.25, 0.3) is 0 Å². The van der Waals surface area contributed by atoms with E-state index in [0.717, 1.165) is 99.7 Å². The Morgan fingerprint density at radius 2 is 1.93 bits per heavy atom. The third-order valence-electron chi connectivity index (χ3n) is 10.1. The van der Waals surface area contributed by atoms with E-state index in [0.29, 0.717) is 21.4 Å². The second kappa shape index (κ2) is 12.2. The summed E-state index contributed by atoms with van der Waals surface area (Å²) >= 11 is 1.08. The molecule has 2 N–H and O–H groups in total. The number of anilines is 1. The first-order chi connectivity index (χ1) is 21.7. The van der Waals surface area contributed by atoms with Crippen molar-refractivity contribution in [2.75, 3.05) is 51.1 Å². The zero-order valence-electron chi connectivity index (χ0n) is 25.6. The molecule has 0 amide bonds. The van der Waals surface area contributed by atoms with Crippen molar-refractivity contribution in [1.29, 1.82) is 5.26 Å². The molecular formula is C33H39F3N8S. The highest BCUT2D eigenvalue weighted by Crippen LogP contribution is 2.36. The number of alkyl halides is 3. The second-order valence-electron chi connectivity index (χ2n) is 13.2. The molecule has 3 fully saturated rings. The van der Waals surface area contributed by atoms with Crippen LogP contribution in [0.5, 0.6) is 0 Å². The minimum absolute atomic E-state index is 0.191. The number of piperidine rings is 1. The normalized spacial score (nSPS) is 21.8. The summed E-state index contributed by atoms with van der Waals surface area (Å²) in [6.45, 7) is 11.2. The van der Waals surface area contributed by atoms with Crippen molar-refractivity contribution in [3.8, 4) is 6.07 Å². The molecule has 1 spiro atoms. The summed E-state index contributed by atoms with van der Waals surface area (Å²) in [4.78, 5) is 14.4. The average molecular weight is 637 g/mol. The minimum atomic E-state index is -4.25. The van der Waals surface area contributed by atoms with Gasteiger partial charge in [-0.05, 0) is 80.4 Å². The summed E-state index contributed by atoms with van der Waals surface area (Å²) in [5, 5.41) is 18.8. The molecule has 238 valence electrons. The SMILES string of the molecule is Cc1c(CN2CCC(Nc3ncnc4sc(CC(F)(F)F)cc34)CC2)ccc2c1cc(C#N)n2CCN1CCC2(CCNC2)C1. The zero-order chi connectivity index (χ0) is 31.2. The molecule has 0 aliphatic carbocycles. The summed E-state index contributed by atoms with van der Waals surface area (Å²) < 4.78 is 41.0. The van der Waals surface area contributed by atoms with Crippen LogP contribution in [-0.2, 0) is 19.5 Å². The van der Waals surface area contributed by atoms with Crippen LogP contribution in [0.15, 0.2) is 30.6 Å². The summed E-state index contributed by atoms with van der Waals surface area (Å²) in [5.41, 5.74) is 4.82. The van der Waals surface area contributed by atoms with Gasteiger partial charge in [0, 0.05) is 67.6 Å². The third-order valence-corrected chi connectivity index (χ3v) is 11.2. The molecule has 3 aliphatic rings. The number of rotatable bonds is 8. The van der Waals surface area contributed by atoms with Gasteiger partial charge < -0.3 is 20.1 Å². The van der Waals surface area contributed by atoms with Crippen LogP contribution >= 0.6 is 11.3 Å². The lowest BCUT2D eigenvalue weighted by molar-refractivity contribution is -0.126. The second-order valence-corrected chi connectivity index (χ2v) is 14.3. The predicted octanol–water partition coefficient (Wildman–Crippen LogP) is 5.69. The average Bonchev–Trinajstić information content (AvgIpc) is 3.80. The molecule has 1 unspecified atom stereocenters. The van der Waals surface area contributed by atoms with Gasteiger partial charge in [-0.3, -0.25) is 4.90 Å². The number of nitriles is 1. The van der Waals surface area contributed by atoms with Gasteiger partial charge in [-0.2, -0.15) is 18.4 Å². The Bertz CT molecular complexity index is 1720. The quantitative estimate of drug-likeness (QED) is 0.257. The molecule has 1 atom stereocenters. The maximum Gasteiger partial charge on any atom is 0.393 e. The van der Waals surface area contributed by atoms with E-state index in [1.807, 2.05) is 0 Å². The molecule has 8 nitrogen and oxygen atoms in total. The number of hydrogen-bond acceptors (Lipinski definition) is 8. The van der Waals surface area contributed by atoms with Crippen molar-refractivity contribution in [1.82, 2.24) is 29.7 Å². The maximum absolute atomic E-state index is 12.9. The summed E-state index contributed by atoms with van der Waals surface area (Å²) in [6, 6.07) is 10.7. The van der Waals surface area contributed by atoms with Crippen LogP contribution in [-0.4, -0.2) is 82.4 Å². The minimum Gasteiger partial charge on any atom is -0.367 e. The standard InChI is InChI=1S/C33H39F3N8S/c1-22-23(2-3-29-27(22)14-25(17-37)44(29)13-12-43-11-7-32(20-43)6-8-38-19-32)18-42-9-4-24(5-10-42)41-30-28-15-26(16-33(34,35)36)45-31(28)40-21-39-30/h2-3,14-15,21,24,38H,4-13,16,18-20H2,1H3,(H,39,40,41). The molecule has 45 heavy (non-hydrogen) atoms. The monoisotopic (exact) mass is 636 g/mol. The molecule has 0 radical (unpaired) electrons. The lowest BCUT2D eigenvalue weighted by Gasteiger charge is -2.33. The molecule has 1 aromatic carbocycles. The van der Waals surface area contributed by atoms with E-state index in [1.54, 1.807) is 6.07 Å². The smallest absolute Gasteiger partial charge is 0.367 e. The number of likely N-dealkylation sites (tertiary alicyclic amines) is 2. The Hall–Kier alpha value is -3.24. The number of halogens is 3. The van der Waals surface area contributed by atoms with Crippen LogP contribution < -0.4 is 10.6 Å². The van der Waals surface area contributed by atoms with Gasteiger partial charge in [-0.25, -0.2) is 9.97 Å².